The Morgan fingerprint density at radius 3 is 2.17 bits per heavy atom. The first kappa shape index (κ1) is 53.8. The highest BCUT2D eigenvalue weighted by molar-refractivity contribution is 8.00. The third kappa shape index (κ3) is 18.1. The van der Waals surface area contributed by atoms with Gasteiger partial charge in [0.25, 0.3) is 0 Å². The van der Waals surface area contributed by atoms with Crippen molar-refractivity contribution in [3.8, 4) is 0 Å². The molecule has 0 bridgehead atoms. The third-order valence-corrected chi connectivity index (χ3v) is 13.6. The lowest BCUT2D eigenvalue weighted by molar-refractivity contribution is -0.146. The Hall–Kier alpha value is -4.82. The number of rotatable bonds is 32. The second kappa shape index (κ2) is 29.0. The van der Waals surface area contributed by atoms with Gasteiger partial charge in [-0.1, -0.05) is 48.9 Å². The predicted octanol–water partition coefficient (Wildman–Crippen LogP) is 1.23. The Balaban J connectivity index is 1.25. The van der Waals surface area contributed by atoms with Gasteiger partial charge in [-0.05, 0) is 86.5 Å². The number of unbranched alkanes of at least 4 members (excludes halogenated alkanes) is 3. The van der Waals surface area contributed by atoms with E-state index in [1.54, 1.807) is 0 Å². The highest BCUT2D eigenvalue weighted by Crippen LogP contribution is 2.39. The van der Waals surface area contributed by atoms with Gasteiger partial charge in [-0.2, -0.15) is 11.8 Å². The number of fused-ring (bicyclic) bond motifs is 2. The molecule has 66 heavy (non-hydrogen) atoms. The van der Waals surface area contributed by atoms with E-state index in [0.29, 0.717) is 75.9 Å². The maximum Gasteiger partial charge on any atom is 0.242 e. The zero-order valence-corrected chi connectivity index (χ0v) is 40.0. The summed E-state index contributed by atoms with van der Waals surface area (Å²) in [5.74, 6) is -1.06. The van der Waals surface area contributed by atoms with Crippen LogP contribution in [0.2, 0.25) is 0 Å². The number of primary amides is 1. The molecule has 2 heterocycles. The molecule has 0 aliphatic carbocycles. The molecule has 0 radical (unpaired) electrons. The quantitative estimate of drug-likeness (QED) is 0.0652. The smallest absolute Gasteiger partial charge is 0.242 e. The molecule has 366 valence electrons. The Labute approximate surface area is 393 Å². The van der Waals surface area contributed by atoms with E-state index in [0.717, 1.165) is 41.4 Å². The van der Waals surface area contributed by atoms with Crippen LogP contribution < -0.4 is 27.4 Å². The second-order valence-corrected chi connectivity index (χ2v) is 18.6. The van der Waals surface area contributed by atoms with Crippen LogP contribution in [0, 0.1) is 5.92 Å². The largest absolute Gasteiger partial charge is 0.383 e. The average molecular weight is 940 g/mol. The number of amides is 7. The maximum atomic E-state index is 13.9. The van der Waals surface area contributed by atoms with Crippen molar-refractivity contribution in [1.29, 1.82) is 0 Å². The van der Waals surface area contributed by atoms with E-state index in [2.05, 4.69) is 22.0 Å². The van der Waals surface area contributed by atoms with Crippen LogP contribution in [0.25, 0.3) is 10.8 Å². The van der Waals surface area contributed by atoms with Crippen LogP contribution in [-0.2, 0) is 49.6 Å². The Kier molecular flexibility index (Phi) is 23.7. The lowest BCUT2D eigenvalue weighted by atomic mass is 9.97. The van der Waals surface area contributed by atoms with Crippen molar-refractivity contribution in [3.05, 3.63) is 48.0 Å². The second-order valence-electron chi connectivity index (χ2n) is 17.3. The molecule has 2 fully saturated rings. The van der Waals surface area contributed by atoms with Crippen molar-refractivity contribution in [3.63, 3.8) is 0 Å². The summed E-state index contributed by atoms with van der Waals surface area (Å²) in [4.78, 5) is 97.4. The predicted molar refractivity (Wildman–Crippen MR) is 255 cm³/mol. The molecule has 1 unspecified atom stereocenters. The van der Waals surface area contributed by atoms with Gasteiger partial charge in [-0.25, -0.2) is 0 Å². The first-order chi connectivity index (χ1) is 31.8. The highest BCUT2D eigenvalue weighted by atomic mass is 32.2. The van der Waals surface area contributed by atoms with E-state index >= 15 is 0 Å². The zero-order chi connectivity index (χ0) is 47.8. The van der Waals surface area contributed by atoms with Crippen molar-refractivity contribution in [1.82, 2.24) is 35.6 Å². The SMILES string of the molecule is COCCN(CC(=O)N[C@@H](CCCCNC(=O)CCCCC1SC[C@@H]2CC(=O)N[C@H]12)C(N)=O)C(=O)CN(CCOC)C(=O)CN(CCCCN)C(=O)CN(C)Cc1cccc2ccccc12. The van der Waals surface area contributed by atoms with Crippen LogP contribution in [0.4, 0.5) is 0 Å². The minimum absolute atomic E-state index is 0.0292. The molecule has 4 atom stereocenters. The molecule has 0 aromatic heterocycles. The van der Waals surface area contributed by atoms with E-state index in [-0.39, 0.29) is 69.6 Å². The average Bonchev–Trinajstić information content (AvgIpc) is 3.85. The summed E-state index contributed by atoms with van der Waals surface area (Å²) in [5, 5.41) is 11.3. The summed E-state index contributed by atoms with van der Waals surface area (Å²) in [7, 11) is 4.80. The number of benzene rings is 2. The number of nitrogens with zero attached hydrogens (tertiary/aromatic N) is 4. The van der Waals surface area contributed by atoms with Gasteiger partial charge in [0.15, 0.2) is 0 Å². The standard InChI is InChI=1S/C47H73N9O9S/c1-53(28-35-15-12-14-34-13-4-5-16-37(34)35)30-43(60)54(22-11-9-20-48)31-45(62)56(24-26-65-3)32-44(61)55(23-25-64-2)29-42(59)51-38(47(49)63)17-8-10-21-50-40(57)19-7-6-18-39-46-36(33-66-39)27-41(58)52-46/h4-5,12-16,36,38-39,46H,6-11,17-33,48H2,1-3H3,(H2,49,63)(H,50,57)(H,51,59)(H,52,58)/t36-,38-,39?,46-/m0/s1. The van der Waals surface area contributed by atoms with E-state index in [4.69, 9.17) is 20.9 Å². The number of thioether (sulfide) groups is 1. The molecule has 2 aliphatic heterocycles. The molecule has 2 aromatic rings. The molecule has 2 saturated heterocycles. The van der Waals surface area contributed by atoms with Crippen molar-refractivity contribution in [2.24, 2.45) is 17.4 Å². The minimum Gasteiger partial charge on any atom is -0.383 e. The van der Waals surface area contributed by atoms with Crippen LogP contribution in [0.1, 0.15) is 69.8 Å². The number of methoxy groups -OCH3 is 2. The lowest BCUT2D eigenvalue weighted by Crippen LogP contribution is -2.52. The fraction of sp³-hybridized carbons (Fsp3) is 0.638. The number of likely N-dealkylation sites (N-methyl/N-ethyl adjacent to an activating group) is 1. The molecule has 19 heteroatoms. The monoisotopic (exact) mass is 940 g/mol. The van der Waals surface area contributed by atoms with Crippen LogP contribution in [0.15, 0.2) is 42.5 Å². The van der Waals surface area contributed by atoms with Gasteiger partial charge in [0, 0.05) is 71.1 Å². The molecule has 2 aliphatic rings. The summed E-state index contributed by atoms with van der Waals surface area (Å²) < 4.78 is 10.5. The minimum atomic E-state index is -1.00. The summed E-state index contributed by atoms with van der Waals surface area (Å²) in [5.41, 5.74) is 12.5. The van der Waals surface area contributed by atoms with Crippen LogP contribution in [-0.4, -0.2) is 177 Å². The molecule has 7 amide bonds. The molecule has 18 nitrogen and oxygen atoms in total. The number of hydrogen-bond donors (Lipinski definition) is 5. The number of carbonyl (C=O) groups is 7. The van der Waals surface area contributed by atoms with Gasteiger partial charge in [-0.3, -0.25) is 38.5 Å². The van der Waals surface area contributed by atoms with Crippen molar-refractivity contribution >= 4 is 63.9 Å². The van der Waals surface area contributed by atoms with Gasteiger partial charge < -0.3 is 51.6 Å². The molecule has 0 saturated carbocycles. The number of ether oxygens (including phenoxy) is 2. The van der Waals surface area contributed by atoms with Crippen LogP contribution in [0.3, 0.4) is 0 Å². The van der Waals surface area contributed by atoms with Crippen LogP contribution in [0.5, 0.6) is 0 Å². The third-order valence-electron chi connectivity index (χ3n) is 12.1. The van der Waals surface area contributed by atoms with Gasteiger partial charge in [0.2, 0.25) is 41.4 Å². The summed E-state index contributed by atoms with van der Waals surface area (Å²) in [6, 6.07) is 13.4. The topological polar surface area (TPSA) is 239 Å². The molecular formula is C47H73N9O9S. The van der Waals surface area contributed by atoms with E-state index in [9.17, 15) is 33.6 Å². The van der Waals surface area contributed by atoms with E-state index < -0.39 is 42.8 Å². The van der Waals surface area contributed by atoms with Crippen LogP contribution >= 0.6 is 11.8 Å². The number of carbonyl (C=O) groups excluding carboxylic acids is 7. The summed E-state index contributed by atoms with van der Waals surface area (Å²) >= 11 is 1.91. The highest BCUT2D eigenvalue weighted by Gasteiger charge is 2.42. The first-order valence-electron chi connectivity index (χ1n) is 23.3. The van der Waals surface area contributed by atoms with E-state index in [1.807, 2.05) is 60.1 Å². The van der Waals surface area contributed by atoms with Gasteiger partial charge in [-0.15, -0.1) is 0 Å². The van der Waals surface area contributed by atoms with Crippen molar-refractivity contribution in [2.45, 2.75) is 88.1 Å². The van der Waals surface area contributed by atoms with Crippen molar-refractivity contribution in [2.75, 3.05) is 99.1 Å². The summed E-state index contributed by atoms with van der Waals surface area (Å²) in [6.07, 6.45) is 6.21. The number of nitrogens with one attached hydrogen (secondary N) is 3. The lowest BCUT2D eigenvalue weighted by Gasteiger charge is -2.30. The molecule has 0 spiro atoms. The summed E-state index contributed by atoms with van der Waals surface area (Å²) in [6.45, 7) is 0.956. The Bertz CT molecular complexity index is 1900. The number of nitrogens with two attached hydrogens (primary N) is 2. The van der Waals surface area contributed by atoms with Gasteiger partial charge in [0.1, 0.15) is 6.04 Å². The molecule has 2 aromatic carbocycles. The zero-order valence-electron chi connectivity index (χ0n) is 39.1. The molecule has 4 rings (SSSR count). The first-order valence-corrected chi connectivity index (χ1v) is 24.3. The maximum absolute atomic E-state index is 13.9. The fourth-order valence-electron chi connectivity index (χ4n) is 8.38. The van der Waals surface area contributed by atoms with E-state index in [1.165, 1.54) is 28.9 Å². The fourth-order valence-corrected chi connectivity index (χ4v) is 10.0. The Morgan fingerprint density at radius 1 is 0.803 bits per heavy atom. The molecule has 7 N–H and O–H groups in total. The molecular weight excluding hydrogens is 867 g/mol. The Morgan fingerprint density at radius 2 is 1.47 bits per heavy atom. The van der Waals surface area contributed by atoms with Gasteiger partial charge in [0.05, 0.1) is 39.4 Å². The number of hydrogen-bond acceptors (Lipinski definition) is 12. The van der Waals surface area contributed by atoms with Crippen molar-refractivity contribution < 1.29 is 43.0 Å². The van der Waals surface area contributed by atoms with Gasteiger partial charge >= 0.3 is 0 Å². The normalized spacial score (nSPS) is 17.0.